The monoisotopic (exact) mass is 313 g/mol. The molecular weight excluding hydrogens is 286 g/mol. The molecule has 0 fully saturated rings. The van der Waals surface area contributed by atoms with Crippen LogP contribution in [0.15, 0.2) is 0 Å². The summed E-state index contributed by atoms with van der Waals surface area (Å²) in [5, 5.41) is 76.7. The van der Waals surface area contributed by atoms with Gasteiger partial charge in [0.05, 0.1) is 24.4 Å². The third-order valence-corrected chi connectivity index (χ3v) is 3.13. The Hall–Kier alpha value is -0.360. The lowest BCUT2D eigenvalue weighted by Crippen LogP contribution is -2.48. The van der Waals surface area contributed by atoms with E-state index in [2.05, 4.69) is 5.32 Å². The second-order valence-electron chi connectivity index (χ2n) is 4.93. The van der Waals surface area contributed by atoms with E-state index < -0.39 is 36.6 Å². The molecule has 0 aromatic heterocycles. The molecule has 6 unspecified atom stereocenters. The molecule has 0 saturated heterocycles. The Bertz CT molecular complexity index is 233. The quantitative estimate of drug-likeness (QED) is 0.172. The van der Waals surface area contributed by atoms with Gasteiger partial charge in [-0.3, -0.25) is 0 Å². The number of aliphatic hydroxyl groups excluding tert-OH is 8. The Kier molecular flexibility index (Phi) is 11.0. The van der Waals surface area contributed by atoms with Gasteiger partial charge < -0.3 is 46.2 Å². The summed E-state index contributed by atoms with van der Waals surface area (Å²) in [5.74, 6) is 0. The minimum atomic E-state index is -1.45. The van der Waals surface area contributed by atoms with Crippen LogP contribution in [-0.2, 0) is 0 Å². The number of rotatable bonds is 12. The number of nitrogens with one attached hydrogen (secondary N) is 1. The van der Waals surface area contributed by atoms with E-state index in [1.807, 2.05) is 0 Å². The standard InChI is InChI=1S/C12H27NO8/c14-3-1-7(16)11(20)9(18)5-13-6-10(19)12(21)8(17)2-4-15/h7-21H,1-6H2. The van der Waals surface area contributed by atoms with E-state index in [1.54, 1.807) is 0 Å². The van der Waals surface area contributed by atoms with Crippen molar-refractivity contribution in [3.8, 4) is 0 Å². The Morgan fingerprint density at radius 1 is 0.571 bits per heavy atom. The molecule has 0 rings (SSSR count). The van der Waals surface area contributed by atoms with Crippen molar-refractivity contribution in [3.63, 3.8) is 0 Å². The fraction of sp³-hybridized carbons (Fsp3) is 1.00. The van der Waals surface area contributed by atoms with Crippen LogP contribution in [0.5, 0.6) is 0 Å². The second-order valence-corrected chi connectivity index (χ2v) is 4.93. The van der Waals surface area contributed by atoms with Gasteiger partial charge in [0.25, 0.3) is 0 Å². The minimum Gasteiger partial charge on any atom is -0.396 e. The lowest BCUT2D eigenvalue weighted by atomic mass is 10.0. The van der Waals surface area contributed by atoms with Crippen molar-refractivity contribution >= 4 is 0 Å². The van der Waals surface area contributed by atoms with Crippen LogP contribution >= 0.6 is 0 Å². The van der Waals surface area contributed by atoms with Crippen molar-refractivity contribution in [2.24, 2.45) is 0 Å². The average molecular weight is 313 g/mol. The molecule has 9 N–H and O–H groups in total. The van der Waals surface area contributed by atoms with Gasteiger partial charge in [-0.25, -0.2) is 0 Å². The van der Waals surface area contributed by atoms with Crippen molar-refractivity contribution in [3.05, 3.63) is 0 Å². The van der Waals surface area contributed by atoms with Gasteiger partial charge >= 0.3 is 0 Å². The van der Waals surface area contributed by atoms with Crippen LogP contribution in [0.25, 0.3) is 0 Å². The Balaban J connectivity index is 4.01. The summed E-state index contributed by atoms with van der Waals surface area (Å²) < 4.78 is 0. The SMILES string of the molecule is OCCC(O)C(O)C(O)CNCC(O)C(O)C(O)CCO. The largest absolute Gasteiger partial charge is 0.396 e. The van der Waals surface area contributed by atoms with Crippen LogP contribution < -0.4 is 5.32 Å². The van der Waals surface area contributed by atoms with Crippen LogP contribution in [0.4, 0.5) is 0 Å². The first-order valence-corrected chi connectivity index (χ1v) is 6.86. The molecule has 0 spiro atoms. The zero-order valence-electron chi connectivity index (χ0n) is 11.8. The highest BCUT2D eigenvalue weighted by Gasteiger charge is 2.26. The van der Waals surface area contributed by atoms with Crippen LogP contribution in [0.2, 0.25) is 0 Å². The van der Waals surface area contributed by atoms with Crippen molar-refractivity contribution in [2.45, 2.75) is 49.5 Å². The number of hydrogen-bond acceptors (Lipinski definition) is 9. The Labute approximate surface area is 123 Å². The van der Waals surface area contributed by atoms with Gasteiger partial charge in [-0.15, -0.1) is 0 Å². The molecule has 128 valence electrons. The lowest BCUT2D eigenvalue weighted by molar-refractivity contribution is -0.0731. The molecule has 9 heteroatoms. The van der Waals surface area contributed by atoms with E-state index in [-0.39, 0.29) is 39.1 Å². The molecule has 0 radical (unpaired) electrons. The van der Waals surface area contributed by atoms with Gasteiger partial charge in [0.2, 0.25) is 0 Å². The smallest absolute Gasteiger partial charge is 0.107 e. The zero-order valence-corrected chi connectivity index (χ0v) is 11.8. The Morgan fingerprint density at radius 3 is 1.19 bits per heavy atom. The molecule has 6 atom stereocenters. The Morgan fingerprint density at radius 2 is 0.905 bits per heavy atom. The van der Waals surface area contributed by atoms with Crippen molar-refractivity contribution < 1.29 is 40.9 Å². The van der Waals surface area contributed by atoms with Gasteiger partial charge in [-0.2, -0.15) is 0 Å². The molecule has 0 bridgehead atoms. The van der Waals surface area contributed by atoms with Crippen molar-refractivity contribution in [2.75, 3.05) is 26.3 Å². The summed E-state index contributed by atoms with van der Waals surface area (Å²) in [5.41, 5.74) is 0. The molecule has 0 aliphatic heterocycles. The van der Waals surface area contributed by atoms with Crippen LogP contribution in [0, 0.1) is 0 Å². The topological polar surface area (TPSA) is 174 Å². The van der Waals surface area contributed by atoms with Gasteiger partial charge in [0.1, 0.15) is 12.2 Å². The normalized spacial score (nSPS) is 20.6. The number of aliphatic hydroxyl groups is 8. The third-order valence-electron chi connectivity index (χ3n) is 3.13. The van der Waals surface area contributed by atoms with E-state index in [0.717, 1.165) is 0 Å². The second kappa shape index (κ2) is 11.2. The maximum atomic E-state index is 9.58. The molecule has 21 heavy (non-hydrogen) atoms. The first kappa shape index (κ1) is 20.6. The zero-order chi connectivity index (χ0) is 16.4. The molecule has 9 nitrogen and oxygen atoms in total. The van der Waals surface area contributed by atoms with Crippen LogP contribution in [0.3, 0.4) is 0 Å². The third kappa shape index (κ3) is 8.00. The highest BCUT2D eigenvalue weighted by Crippen LogP contribution is 2.05. The highest BCUT2D eigenvalue weighted by molar-refractivity contribution is 4.80. The van der Waals surface area contributed by atoms with Gasteiger partial charge in [-0.05, 0) is 12.8 Å². The van der Waals surface area contributed by atoms with E-state index in [9.17, 15) is 30.6 Å². The summed E-state index contributed by atoms with van der Waals surface area (Å²) in [6.07, 6.45) is -8.24. The first-order valence-electron chi connectivity index (χ1n) is 6.86. The first-order chi connectivity index (χ1) is 9.84. The van der Waals surface area contributed by atoms with Crippen molar-refractivity contribution in [1.29, 1.82) is 0 Å². The molecule has 0 aliphatic carbocycles. The molecule has 0 heterocycles. The predicted molar refractivity (Wildman–Crippen MR) is 72.3 cm³/mol. The predicted octanol–water partition coefficient (Wildman–Crippen LogP) is -4.49. The minimum absolute atomic E-state index is 0.0765. The summed E-state index contributed by atoms with van der Waals surface area (Å²) in [6, 6.07) is 0. The molecule has 0 saturated carbocycles. The van der Waals surface area contributed by atoms with E-state index in [0.29, 0.717) is 0 Å². The summed E-state index contributed by atoms with van der Waals surface area (Å²) in [6.45, 7) is -0.981. The lowest BCUT2D eigenvalue weighted by Gasteiger charge is -2.25. The van der Waals surface area contributed by atoms with Crippen molar-refractivity contribution in [1.82, 2.24) is 5.32 Å². The van der Waals surface area contributed by atoms with Crippen LogP contribution in [0.1, 0.15) is 12.8 Å². The highest BCUT2D eigenvalue weighted by atomic mass is 16.4. The molecule has 0 amide bonds. The summed E-state index contributed by atoms with van der Waals surface area (Å²) in [7, 11) is 0. The van der Waals surface area contributed by atoms with E-state index in [1.165, 1.54) is 0 Å². The van der Waals surface area contributed by atoms with E-state index >= 15 is 0 Å². The molecule has 0 aliphatic rings. The number of hydrogen-bond donors (Lipinski definition) is 9. The van der Waals surface area contributed by atoms with Crippen LogP contribution in [-0.4, -0.2) is 104 Å². The fourth-order valence-corrected chi connectivity index (χ4v) is 1.74. The van der Waals surface area contributed by atoms with Gasteiger partial charge in [0.15, 0.2) is 0 Å². The maximum absolute atomic E-state index is 9.58. The molecular formula is C12H27NO8. The average Bonchev–Trinajstić information content (AvgIpc) is 2.45. The fourth-order valence-electron chi connectivity index (χ4n) is 1.74. The summed E-state index contributed by atoms with van der Waals surface area (Å²) in [4.78, 5) is 0. The summed E-state index contributed by atoms with van der Waals surface area (Å²) >= 11 is 0. The molecule has 0 aromatic rings. The maximum Gasteiger partial charge on any atom is 0.107 e. The van der Waals surface area contributed by atoms with E-state index in [4.69, 9.17) is 10.2 Å². The van der Waals surface area contributed by atoms with Gasteiger partial charge in [-0.1, -0.05) is 0 Å². The van der Waals surface area contributed by atoms with Gasteiger partial charge in [0, 0.05) is 26.3 Å². The molecule has 0 aromatic carbocycles.